The predicted octanol–water partition coefficient (Wildman–Crippen LogP) is 2.00. The third-order valence-electron chi connectivity index (χ3n) is 4.64. The highest BCUT2D eigenvalue weighted by molar-refractivity contribution is 5.91. The van der Waals surface area contributed by atoms with Gasteiger partial charge in [-0.1, -0.05) is 25.2 Å². The van der Waals surface area contributed by atoms with Crippen molar-refractivity contribution in [2.24, 2.45) is 17.8 Å². The van der Waals surface area contributed by atoms with E-state index in [0.29, 0.717) is 18.4 Å². The molecule has 1 heterocycles. The van der Waals surface area contributed by atoms with Crippen LogP contribution in [0.1, 0.15) is 33.6 Å². The van der Waals surface area contributed by atoms with Gasteiger partial charge in [0.2, 0.25) is 0 Å². The molecule has 0 spiro atoms. The molecule has 1 fully saturated rings. The SMILES string of the molecule is C=C1C(=O)OC2CC(C)C(C(CCO)OC(C)=O)C(C)=CC12. The molecule has 1 aliphatic heterocycles. The van der Waals surface area contributed by atoms with Crippen LogP contribution < -0.4 is 0 Å². The minimum absolute atomic E-state index is 0.00755. The van der Waals surface area contributed by atoms with E-state index in [-0.39, 0.29) is 48.5 Å². The van der Waals surface area contributed by atoms with E-state index < -0.39 is 0 Å². The van der Waals surface area contributed by atoms with E-state index >= 15 is 0 Å². The van der Waals surface area contributed by atoms with Gasteiger partial charge in [0.05, 0.1) is 0 Å². The smallest absolute Gasteiger partial charge is 0.334 e. The molecule has 5 unspecified atom stereocenters. The molecule has 122 valence electrons. The lowest BCUT2D eigenvalue weighted by Crippen LogP contribution is -2.33. The van der Waals surface area contributed by atoms with Crippen molar-refractivity contribution >= 4 is 11.9 Å². The third-order valence-corrected chi connectivity index (χ3v) is 4.64. The van der Waals surface area contributed by atoms with Gasteiger partial charge in [-0.25, -0.2) is 4.79 Å². The summed E-state index contributed by atoms with van der Waals surface area (Å²) in [6.07, 6.45) is 2.55. The van der Waals surface area contributed by atoms with Gasteiger partial charge < -0.3 is 14.6 Å². The number of fused-ring (bicyclic) bond motifs is 1. The molecule has 22 heavy (non-hydrogen) atoms. The van der Waals surface area contributed by atoms with Crippen molar-refractivity contribution < 1.29 is 24.2 Å². The van der Waals surface area contributed by atoms with Crippen LogP contribution in [0, 0.1) is 17.8 Å². The van der Waals surface area contributed by atoms with Crippen LogP contribution in [0.5, 0.6) is 0 Å². The minimum atomic E-state index is -0.364. The Morgan fingerprint density at radius 2 is 2.27 bits per heavy atom. The third kappa shape index (κ3) is 3.24. The first-order valence-corrected chi connectivity index (χ1v) is 7.71. The van der Waals surface area contributed by atoms with Gasteiger partial charge in [-0.05, 0) is 19.3 Å². The Labute approximate surface area is 131 Å². The molecule has 0 radical (unpaired) electrons. The van der Waals surface area contributed by atoms with Crippen LogP contribution >= 0.6 is 0 Å². The van der Waals surface area contributed by atoms with Crippen LogP contribution in [0.3, 0.4) is 0 Å². The molecule has 5 heteroatoms. The molecular weight excluding hydrogens is 284 g/mol. The summed E-state index contributed by atoms with van der Waals surface area (Å²) in [5.41, 5.74) is 1.54. The summed E-state index contributed by atoms with van der Waals surface area (Å²) in [5, 5.41) is 9.27. The highest BCUT2D eigenvalue weighted by Crippen LogP contribution is 2.41. The second kappa shape index (κ2) is 6.65. The quantitative estimate of drug-likeness (QED) is 0.488. The van der Waals surface area contributed by atoms with Crippen LogP contribution in [-0.2, 0) is 19.1 Å². The van der Waals surface area contributed by atoms with Crippen molar-refractivity contribution in [1.29, 1.82) is 0 Å². The maximum atomic E-state index is 11.7. The average Bonchev–Trinajstić information content (AvgIpc) is 2.60. The van der Waals surface area contributed by atoms with Crippen molar-refractivity contribution in [1.82, 2.24) is 0 Å². The Morgan fingerprint density at radius 1 is 1.59 bits per heavy atom. The fourth-order valence-electron chi connectivity index (χ4n) is 3.72. The zero-order valence-corrected chi connectivity index (χ0v) is 13.4. The van der Waals surface area contributed by atoms with Gasteiger partial charge in [0.15, 0.2) is 0 Å². The molecule has 0 bridgehead atoms. The van der Waals surface area contributed by atoms with Crippen molar-refractivity contribution in [3.05, 3.63) is 23.8 Å². The van der Waals surface area contributed by atoms with Gasteiger partial charge in [-0.15, -0.1) is 0 Å². The number of hydrogen-bond acceptors (Lipinski definition) is 5. The molecule has 0 aromatic heterocycles. The molecule has 1 N–H and O–H groups in total. The van der Waals surface area contributed by atoms with E-state index in [9.17, 15) is 14.7 Å². The Kier molecular flexibility index (Phi) is 5.06. The molecule has 5 nitrogen and oxygen atoms in total. The van der Waals surface area contributed by atoms with E-state index in [1.54, 1.807) is 0 Å². The maximum absolute atomic E-state index is 11.7. The molecule has 0 aromatic carbocycles. The molecular formula is C17H24O5. The van der Waals surface area contributed by atoms with Crippen LogP contribution in [-0.4, -0.2) is 35.9 Å². The first-order valence-electron chi connectivity index (χ1n) is 7.71. The van der Waals surface area contributed by atoms with E-state index in [1.807, 2.05) is 13.0 Å². The lowest BCUT2D eigenvalue weighted by Gasteiger charge is -2.31. The van der Waals surface area contributed by atoms with E-state index in [2.05, 4.69) is 13.5 Å². The van der Waals surface area contributed by atoms with Gasteiger partial charge in [0, 0.05) is 37.4 Å². The lowest BCUT2D eigenvalue weighted by atomic mass is 9.81. The monoisotopic (exact) mass is 308 g/mol. The van der Waals surface area contributed by atoms with Gasteiger partial charge in [0.25, 0.3) is 0 Å². The fraction of sp³-hybridized carbons (Fsp3) is 0.647. The first-order chi connectivity index (χ1) is 10.3. The second-order valence-corrected chi connectivity index (χ2v) is 6.30. The zero-order chi connectivity index (χ0) is 16.4. The highest BCUT2D eigenvalue weighted by atomic mass is 16.6. The van der Waals surface area contributed by atoms with Crippen LogP contribution in [0.15, 0.2) is 23.8 Å². The predicted molar refractivity (Wildman–Crippen MR) is 80.8 cm³/mol. The summed E-state index contributed by atoms with van der Waals surface area (Å²) in [5.74, 6) is -0.601. The topological polar surface area (TPSA) is 72.8 Å². The Bertz CT molecular complexity index is 507. The number of ether oxygens (including phenoxy) is 2. The molecule has 2 aliphatic rings. The Balaban J connectivity index is 2.29. The Morgan fingerprint density at radius 3 is 2.86 bits per heavy atom. The summed E-state index contributed by atoms with van der Waals surface area (Å²) in [4.78, 5) is 23.0. The molecule has 0 amide bonds. The summed E-state index contributed by atoms with van der Waals surface area (Å²) >= 11 is 0. The number of aliphatic hydroxyl groups is 1. The van der Waals surface area contributed by atoms with Crippen LogP contribution in [0.25, 0.3) is 0 Å². The number of rotatable bonds is 4. The molecule has 0 saturated carbocycles. The number of hydrogen-bond donors (Lipinski definition) is 1. The van der Waals surface area contributed by atoms with Gasteiger partial charge in [-0.3, -0.25) is 4.79 Å². The van der Waals surface area contributed by atoms with Crippen molar-refractivity contribution in [3.8, 4) is 0 Å². The minimum Gasteiger partial charge on any atom is -0.462 e. The van der Waals surface area contributed by atoms with Crippen LogP contribution in [0.2, 0.25) is 0 Å². The Hall–Kier alpha value is -1.62. The number of carbonyl (C=O) groups excluding carboxylic acids is 2. The van der Waals surface area contributed by atoms with Crippen molar-refractivity contribution in [2.75, 3.05) is 6.61 Å². The summed E-state index contributed by atoms with van der Waals surface area (Å²) < 4.78 is 10.8. The molecule has 2 rings (SSSR count). The number of carbonyl (C=O) groups is 2. The van der Waals surface area contributed by atoms with Crippen LogP contribution in [0.4, 0.5) is 0 Å². The highest BCUT2D eigenvalue weighted by Gasteiger charge is 2.43. The van der Waals surface area contributed by atoms with Crippen molar-refractivity contribution in [3.63, 3.8) is 0 Å². The average molecular weight is 308 g/mol. The molecule has 1 saturated heterocycles. The zero-order valence-electron chi connectivity index (χ0n) is 13.4. The van der Waals surface area contributed by atoms with E-state index in [0.717, 1.165) is 5.57 Å². The maximum Gasteiger partial charge on any atom is 0.334 e. The number of aliphatic hydroxyl groups excluding tert-OH is 1. The second-order valence-electron chi connectivity index (χ2n) is 6.30. The molecule has 5 atom stereocenters. The summed E-state index contributed by atoms with van der Waals surface area (Å²) in [6.45, 7) is 9.21. The normalized spacial score (nSPS) is 32.6. The van der Waals surface area contributed by atoms with E-state index in [4.69, 9.17) is 9.47 Å². The van der Waals surface area contributed by atoms with Gasteiger partial charge in [-0.2, -0.15) is 0 Å². The van der Waals surface area contributed by atoms with Crippen molar-refractivity contribution in [2.45, 2.75) is 45.8 Å². The lowest BCUT2D eigenvalue weighted by molar-refractivity contribution is -0.150. The van der Waals surface area contributed by atoms with Gasteiger partial charge in [0.1, 0.15) is 12.2 Å². The standard InChI is InChI=1S/C17H24O5/c1-9-7-13-11(3)17(20)22-15(13)8-10(2)16(9)14(5-6-18)21-12(4)19/h7,10,13-16,18H,3,5-6,8H2,1-2,4H3. The summed E-state index contributed by atoms with van der Waals surface area (Å²) in [7, 11) is 0. The van der Waals surface area contributed by atoms with E-state index in [1.165, 1.54) is 6.92 Å². The molecule has 1 aliphatic carbocycles. The first kappa shape index (κ1) is 16.7. The van der Waals surface area contributed by atoms with Gasteiger partial charge >= 0.3 is 11.9 Å². The summed E-state index contributed by atoms with van der Waals surface area (Å²) in [6, 6.07) is 0. The molecule has 0 aromatic rings. The fourth-order valence-corrected chi connectivity index (χ4v) is 3.72. The number of esters is 2. The largest absolute Gasteiger partial charge is 0.462 e.